The van der Waals surface area contributed by atoms with Gasteiger partial charge in [-0.05, 0) is 54.8 Å². The maximum atomic E-state index is 12.3. The third-order valence-electron chi connectivity index (χ3n) is 6.80. The molecule has 30 heavy (non-hydrogen) atoms. The molecule has 0 aliphatic carbocycles. The minimum Gasteiger partial charge on any atom is -0.378 e. The van der Waals surface area contributed by atoms with E-state index in [9.17, 15) is 4.79 Å². The molecule has 0 bridgehead atoms. The van der Waals surface area contributed by atoms with E-state index >= 15 is 0 Å². The van der Waals surface area contributed by atoms with Crippen molar-refractivity contribution in [1.29, 1.82) is 0 Å². The van der Waals surface area contributed by atoms with Gasteiger partial charge in [-0.2, -0.15) is 0 Å². The van der Waals surface area contributed by atoms with Crippen LogP contribution in [-0.4, -0.2) is 58.0 Å². The number of nitrogens with zero attached hydrogens (tertiary/aromatic N) is 3. The molecule has 2 aliphatic heterocycles. The molecule has 4 atom stereocenters. The van der Waals surface area contributed by atoms with Crippen molar-refractivity contribution in [3.63, 3.8) is 0 Å². The minimum atomic E-state index is -0.00203. The molecule has 2 saturated heterocycles. The van der Waals surface area contributed by atoms with Gasteiger partial charge >= 0.3 is 0 Å². The fourth-order valence-electron chi connectivity index (χ4n) is 5.20. The highest BCUT2D eigenvalue weighted by molar-refractivity contribution is 5.63. The second-order valence-corrected chi connectivity index (χ2v) is 9.01. The first kappa shape index (κ1) is 20.7. The Bertz CT molecular complexity index is 885. The summed E-state index contributed by atoms with van der Waals surface area (Å²) in [7, 11) is 8.22. The van der Waals surface area contributed by atoms with Crippen molar-refractivity contribution in [2.75, 3.05) is 44.5 Å². The third kappa shape index (κ3) is 3.89. The van der Waals surface area contributed by atoms with E-state index in [2.05, 4.69) is 104 Å². The molecule has 2 aromatic carbocycles. The normalized spacial score (nSPS) is 26.1. The van der Waals surface area contributed by atoms with E-state index in [1.807, 2.05) is 0 Å². The van der Waals surface area contributed by atoms with E-state index < -0.39 is 0 Å². The van der Waals surface area contributed by atoms with Crippen LogP contribution in [0.3, 0.4) is 0 Å². The van der Waals surface area contributed by atoms with E-state index in [1.54, 1.807) is 0 Å². The number of anilines is 2. The molecule has 0 unspecified atom stereocenters. The summed E-state index contributed by atoms with van der Waals surface area (Å²) in [5, 5.41) is 0. The average molecular weight is 404 g/mol. The summed E-state index contributed by atoms with van der Waals surface area (Å²) in [5.74, 6) is 0.268. The van der Waals surface area contributed by atoms with Crippen LogP contribution in [-0.2, 0) is 4.79 Å². The van der Waals surface area contributed by atoms with Crippen LogP contribution < -0.4 is 9.80 Å². The number of hydrogen-bond donors (Lipinski definition) is 0. The van der Waals surface area contributed by atoms with Crippen LogP contribution in [0.15, 0.2) is 54.6 Å². The molecule has 2 fully saturated rings. The van der Waals surface area contributed by atoms with E-state index in [0.29, 0.717) is 6.04 Å². The number of carbonyl (C=O) groups excluding carboxylic acids is 1. The molecule has 2 aromatic rings. The van der Waals surface area contributed by atoms with Crippen molar-refractivity contribution in [3.8, 4) is 0 Å². The van der Waals surface area contributed by atoms with Crippen LogP contribution in [0.2, 0.25) is 0 Å². The first-order valence-corrected chi connectivity index (χ1v) is 10.9. The van der Waals surface area contributed by atoms with Crippen molar-refractivity contribution in [1.82, 2.24) is 4.90 Å². The second-order valence-electron chi connectivity index (χ2n) is 9.01. The molecular weight excluding hydrogens is 370 g/mol. The molecule has 2 aliphatic rings. The molecule has 4 nitrogen and oxygen atoms in total. The van der Waals surface area contributed by atoms with Gasteiger partial charge in [-0.25, -0.2) is 0 Å². The standard InChI is InChI=1S/C26H33N3O/c1-27(2)21-12-7-19(8-13-21)9-16-24-23(18-30)26(25-6-5-17-29(24)25)20-10-14-22(15-11-20)28(3)4/h7-16,18,23-26H,5-6,17H2,1-4H3/b16-9+/t23-,24-,25-,26+/m1/s1. The Morgan fingerprint density at radius 3 is 2.07 bits per heavy atom. The summed E-state index contributed by atoms with van der Waals surface area (Å²) in [6.07, 6.45) is 8.04. The van der Waals surface area contributed by atoms with E-state index in [-0.39, 0.29) is 17.9 Å². The molecule has 0 amide bonds. The molecule has 4 rings (SSSR count). The number of fused-ring (bicyclic) bond motifs is 1. The fourth-order valence-corrected chi connectivity index (χ4v) is 5.20. The second kappa shape index (κ2) is 8.65. The van der Waals surface area contributed by atoms with Gasteiger partial charge in [0.2, 0.25) is 0 Å². The Kier molecular flexibility index (Phi) is 5.96. The highest BCUT2D eigenvalue weighted by Gasteiger charge is 2.49. The number of hydrogen-bond acceptors (Lipinski definition) is 4. The van der Waals surface area contributed by atoms with Crippen LogP contribution in [0.5, 0.6) is 0 Å². The van der Waals surface area contributed by atoms with Crippen LogP contribution in [0.25, 0.3) is 6.08 Å². The van der Waals surface area contributed by atoms with Gasteiger partial charge in [-0.1, -0.05) is 36.4 Å². The van der Waals surface area contributed by atoms with Gasteiger partial charge in [0.1, 0.15) is 6.29 Å². The summed E-state index contributed by atoms with van der Waals surface area (Å²) >= 11 is 0. The SMILES string of the molecule is CN(C)c1ccc(/C=C/[C@@H]2[C@@H](C=O)[C@H](c3ccc(N(C)C)cc3)[C@H]3CCCN23)cc1. The van der Waals surface area contributed by atoms with Gasteiger partial charge in [0.15, 0.2) is 0 Å². The van der Waals surface area contributed by atoms with Gasteiger partial charge in [0.05, 0.1) is 0 Å². The number of benzene rings is 2. The lowest BCUT2D eigenvalue weighted by atomic mass is 9.81. The van der Waals surface area contributed by atoms with E-state index in [0.717, 1.165) is 6.54 Å². The highest BCUT2D eigenvalue weighted by Crippen LogP contribution is 2.46. The van der Waals surface area contributed by atoms with Gasteiger partial charge in [-0.15, -0.1) is 0 Å². The van der Waals surface area contributed by atoms with Crippen LogP contribution in [0.1, 0.15) is 29.9 Å². The molecule has 2 heterocycles. The van der Waals surface area contributed by atoms with Gasteiger partial charge in [0.25, 0.3) is 0 Å². The summed E-state index contributed by atoms with van der Waals surface area (Å²) < 4.78 is 0. The molecule has 0 spiro atoms. The van der Waals surface area contributed by atoms with Gasteiger partial charge < -0.3 is 14.6 Å². The number of aldehydes is 1. The van der Waals surface area contributed by atoms with Gasteiger partial charge in [-0.3, -0.25) is 4.90 Å². The summed E-state index contributed by atoms with van der Waals surface area (Å²) in [5.41, 5.74) is 4.86. The zero-order valence-electron chi connectivity index (χ0n) is 18.5. The summed E-state index contributed by atoms with van der Waals surface area (Å²) in [4.78, 5) is 19.0. The fraction of sp³-hybridized carbons (Fsp3) is 0.423. The zero-order valence-corrected chi connectivity index (χ0v) is 18.5. The van der Waals surface area contributed by atoms with E-state index in [1.165, 1.54) is 41.6 Å². The Morgan fingerprint density at radius 2 is 1.50 bits per heavy atom. The zero-order chi connectivity index (χ0) is 21.3. The molecule has 0 radical (unpaired) electrons. The topological polar surface area (TPSA) is 26.8 Å². The molecule has 158 valence electrons. The first-order valence-electron chi connectivity index (χ1n) is 10.9. The Labute approximate surface area is 180 Å². The molecule has 0 saturated carbocycles. The predicted octanol–water partition coefficient (Wildman–Crippen LogP) is 4.28. The van der Waals surface area contributed by atoms with Crippen LogP contribution >= 0.6 is 0 Å². The summed E-state index contributed by atoms with van der Waals surface area (Å²) in [6, 6.07) is 18.0. The van der Waals surface area contributed by atoms with Crippen LogP contribution in [0, 0.1) is 5.92 Å². The monoisotopic (exact) mass is 403 g/mol. The first-order chi connectivity index (χ1) is 14.5. The van der Waals surface area contributed by atoms with Crippen molar-refractivity contribution in [2.24, 2.45) is 5.92 Å². The van der Waals surface area contributed by atoms with Crippen molar-refractivity contribution >= 4 is 23.7 Å². The number of carbonyl (C=O) groups is 1. The Balaban J connectivity index is 1.59. The van der Waals surface area contributed by atoms with E-state index in [4.69, 9.17) is 0 Å². The lowest BCUT2D eigenvalue weighted by Crippen LogP contribution is -2.32. The van der Waals surface area contributed by atoms with Crippen LogP contribution in [0.4, 0.5) is 11.4 Å². The Hall–Kier alpha value is -2.59. The molecule has 0 N–H and O–H groups in total. The molecular formula is C26H33N3O. The Morgan fingerprint density at radius 1 is 0.900 bits per heavy atom. The number of rotatable bonds is 6. The lowest BCUT2D eigenvalue weighted by molar-refractivity contribution is -0.111. The quantitative estimate of drug-likeness (QED) is 0.673. The summed E-state index contributed by atoms with van der Waals surface area (Å²) in [6.45, 7) is 1.08. The lowest BCUT2D eigenvalue weighted by Gasteiger charge is -2.23. The minimum absolute atomic E-state index is 0.00203. The van der Waals surface area contributed by atoms with Crippen molar-refractivity contribution in [3.05, 3.63) is 65.7 Å². The molecule has 0 aromatic heterocycles. The maximum Gasteiger partial charge on any atom is 0.125 e. The van der Waals surface area contributed by atoms with Crippen molar-refractivity contribution < 1.29 is 4.79 Å². The molecule has 4 heteroatoms. The third-order valence-corrected chi connectivity index (χ3v) is 6.80. The maximum absolute atomic E-state index is 12.3. The highest BCUT2D eigenvalue weighted by atomic mass is 16.1. The average Bonchev–Trinajstić information content (AvgIpc) is 3.33. The van der Waals surface area contributed by atoms with Crippen molar-refractivity contribution in [2.45, 2.75) is 30.8 Å². The predicted molar refractivity (Wildman–Crippen MR) is 126 cm³/mol. The smallest absolute Gasteiger partial charge is 0.125 e. The largest absolute Gasteiger partial charge is 0.378 e. The van der Waals surface area contributed by atoms with Gasteiger partial charge in [0, 0.05) is 63.5 Å².